The number of aliphatic hydroxyl groups excluding tert-OH is 1. The van der Waals surface area contributed by atoms with E-state index in [4.69, 9.17) is 9.15 Å². The van der Waals surface area contributed by atoms with Gasteiger partial charge in [-0.05, 0) is 59.7 Å². The Kier molecular flexibility index (Phi) is 5.18. The molecule has 190 valence electrons. The molecule has 0 aliphatic carbocycles. The molecule has 0 saturated carbocycles. The smallest absolute Gasteiger partial charge is 0.203 e. The van der Waals surface area contributed by atoms with Crippen LogP contribution in [-0.2, 0) is 0 Å². The van der Waals surface area contributed by atoms with Crippen molar-refractivity contribution in [3.05, 3.63) is 83.9 Å². The van der Waals surface area contributed by atoms with Gasteiger partial charge in [-0.2, -0.15) is 0 Å². The van der Waals surface area contributed by atoms with E-state index in [2.05, 4.69) is 0 Å². The summed E-state index contributed by atoms with van der Waals surface area (Å²) in [6.07, 6.45) is -2.71. The van der Waals surface area contributed by atoms with Crippen molar-refractivity contribution in [1.29, 1.82) is 0 Å². The van der Waals surface area contributed by atoms with Gasteiger partial charge in [-0.1, -0.05) is 12.1 Å². The number of aliphatic hydroxyl groups is 1. The van der Waals surface area contributed by atoms with Crippen LogP contribution >= 0.6 is 0 Å². The number of furan rings is 1. The fourth-order valence-electron chi connectivity index (χ4n) is 4.79. The molecule has 4 aromatic carbocycles. The number of ether oxygens (including phenoxy) is 1. The van der Waals surface area contributed by atoms with Crippen LogP contribution in [0.1, 0.15) is 22.0 Å². The Morgan fingerprint density at radius 2 is 1.26 bits per heavy atom. The molecule has 9 nitrogen and oxygen atoms in total. The number of ketones is 1. The van der Waals surface area contributed by atoms with Crippen LogP contribution in [0, 0.1) is 0 Å². The van der Waals surface area contributed by atoms with E-state index in [1.807, 2.05) is 0 Å². The van der Waals surface area contributed by atoms with Gasteiger partial charge in [0.25, 0.3) is 0 Å². The van der Waals surface area contributed by atoms with Crippen LogP contribution in [0.15, 0.2) is 77.2 Å². The van der Waals surface area contributed by atoms with E-state index < -0.39 is 18.0 Å². The van der Waals surface area contributed by atoms with E-state index in [1.165, 1.54) is 54.6 Å². The summed E-state index contributed by atoms with van der Waals surface area (Å²) in [5.74, 6) is -1.31. The number of benzene rings is 4. The normalized spacial score (nSPS) is 16.8. The molecule has 0 radical (unpaired) electrons. The topological polar surface area (TPSA) is 161 Å². The Morgan fingerprint density at radius 3 is 1.89 bits per heavy atom. The molecule has 5 aromatic rings. The van der Waals surface area contributed by atoms with E-state index in [0.717, 1.165) is 6.07 Å². The zero-order valence-electron chi connectivity index (χ0n) is 19.5. The highest BCUT2D eigenvalue weighted by Gasteiger charge is 2.40. The fourth-order valence-corrected chi connectivity index (χ4v) is 4.79. The first kappa shape index (κ1) is 23.3. The first-order valence-corrected chi connectivity index (χ1v) is 11.5. The van der Waals surface area contributed by atoms with Gasteiger partial charge in [0.15, 0.2) is 17.8 Å². The van der Waals surface area contributed by atoms with E-state index >= 15 is 0 Å². The van der Waals surface area contributed by atoms with Gasteiger partial charge in [0.2, 0.25) is 5.78 Å². The zero-order chi connectivity index (χ0) is 26.7. The van der Waals surface area contributed by atoms with Gasteiger partial charge in [0.05, 0.1) is 5.39 Å². The molecule has 0 amide bonds. The average Bonchev–Trinajstić information content (AvgIpc) is 3.28. The maximum Gasteiger partial charge on any atom is 0.203 e. The maximum absolute atomic E-state index is 13.5. The lowest BCUT2D eigenvalue weighted by molar-refractivity contribution is 0.0217. The fraction of sp³-hybridized carbons (Fsp3) is 0.0690. The van der Waals surface area contributed by atoms with Crippen LogP contribution in [0.3, 0.4) is 0 Å². The molecule has 0 bridgehead atoms. The van der Waals surface area contributed by atoms with E-state index in [9.17, 15) is 35.4 Å². The predicted octanol–water partition coefficient (Wildman–Crippen LogP) is 4.97. The number of carbonyl (C=O) groups is 1. The minimum absolute atomic E-state index is 0.00740. The van der Waals surface area contributed by atoms with E-state index in [-0.39, 0.29) is 67.9 Å². The third-order valence-corrected chi connectivity index (χ3v) is 6.50. The predicted molar refractivity (Wildman–Crippen MR) is 136 cm³/mol. The minimum atomic E-state index is -1.62. The maximum atomic E-state index is 13.5. The summed E-state index contributed by atoms with van der Waals surface area (Å²) in [7, 11) is 0. The van der Waals surface area contributed by atoms with Crippen LogP contribution in [0.2, 0.25) is 0 Å². The monoisotopic (exact) mass is 512 g/mol. The summed E-state index contributed by atoms with van der Waals surface area (Å²) in [4.78, 5) is 13.5. The highest BCUT2D eigenvalue weighted by atomic mass is 16.5. The van der Waals surface area contributed by atoms with Crippen LogP contribution in [0.4, 0.5) is 0 Å². The van der Waals surface area contributed by atoms with Crippen molar-refractivity contribution in [2.75, 3.05) is 0 Å². The second-order valence-electron chi connectivity index (χ2n) is 9.00. The Balaban J connectivity index is 1.62. The van der Waals surface area contributed by atoms with Gasteiger partial charge in [-0.3, -0.25) is 4.79 Å². The first-order chi connectivity index (χ1) is 18.2. The van der Waals surface area contributed by atoms with Crippen LogP contribution in [0.5, 0.6) is 34.5 Å². The molecule has 1 aliphatic rings. The molecule has 2 atom stereocenters. The van der Waals surface area contributed by atoms with Crippen LogP contribution in [-0.4, -0.2) is 42.5 Å². The molecule has 0 saturated heterocycles. The third kappa shape index (κ3) is 3.64. The molecule has 0 spiro atoms. The second-order valence-corrected chi connectivity index (χ2v) is 9.00. The Labute approximate surface area is 214 Å². The lowest BCUT2D eigenvalue weighted by Crippen LogP contribution is -2.36. The SMILES string of the molecule is O=C1c2c(cc(O)c3c(-c4cc(O)cc(O)c4)c(-c4ccc(O)cc4)oc23)O[C@@H](c2ccc(O)cc2)[C@@H]1O. The number of hydrogen-bond donors (Lipinski definition) is 6. The van der Waals surface area contributed by atoms with Crippen molar-refractivity contribution >= 4 is 16.8 Å². The van der Waals surface area contributed by atoms with Crippen molar-refractivity contribution in [3.8, 4) is 56.9 Å². The van der Waals surface area contributed by atoms with Gasteiger partial charge in [0.1, 0.15) is 45.8 Å². The number of carbonyl (C=O) groups excluding carboxylic acids is 1. The van der Waals surface area contributed by atoms with Crippen molar-refractivity contribution in [3.63, 3.8) is 0 Å². The first-order valence-electron chi connectivity index (χ1n) is 11.5. The van der Waals surface area contributed by atoms with Crippen molar-refractivity contribution in [2.45, 2.75) is 12.2 Å². The largest absolute Gasteiger partial charge is 0.508 e. The standard InChI is InChI=1S/C29H20O9/c30-16-5-1-13(2-6-16)27-22(15-9-18(32)11-19(33)10-15)23-20(34)12-21-24(29(23)38-27)25(35)26(36)28(37-21)14-3-7-17(31)8-4-14/h1-12,26,28,30-34,36H/t26-,28+/m1/s1. The molecular formula is C29H20O9. The summed E-state index contributed by atoms with van der Waals surface area (Å²) >= 11 is 0. The lowest BCUT2D eigenvalue weighted by atomic mass is 9.90. The molecular weight excluding hydrogens is 492 g/mol. The Bertz CT molecular complexity index is 1700. The number of fused-ring (bicyclic) bond motifs is 3. The summed E-state index contributed by atoms with van der Waals surface area (Å²) in [5, 5.41) is 61.8. The molecule has 38 heavy (non-hydrogen) atoms. The summed E-state index contributed by atoms with van der Waals surface area (Å²) in [5.41, 5.74) is 1.31. The molecule has 2 heterocycles. The summed E-state index contributed by atoms with van der Waals surface area (Å²) in [6.45, 7) is 0. The molecule has 9 heteroatoms. The number of aromatic hydroxyl groups is 5. The van der Waals surface area contributed by atoms with Gasteiger partial charge in [-0.25, -0.2) is 0 Å². The van der Waals surface area contributed by atoms with E-state index in [1.54, 1.807) is 12.1 Å². The van der Waals surface area contributed by atoms with E-state index in [0.29, 0.717) is 11.1 Å². The van der Waals surface area contributed by atoms with Gasteiger partial charge < -0.3 is 39.8 Å². The van der Waals surface area contributed by atoms with Crippen molar-refractivity contribution in [1.82, 2.24) is 0 Å². The molecule has 6 N–H and O–H groups in total. The average molecular weight is 512 g/mol. The molecule has 0 unspecified atom stereocenters. The summed E-state index contributed by atoms with van der Waals surface area (Å²) < 4.78 is 12.1. The highest BCUT2D eigenvalue weighted by Crippen LogP contribution is 2.51. The quantitative estimate of drug-likeness (QED) is 0.196. The van der Waals surface area contributed by atoms with Crippen molar-refractivity contribution in [2.24, 2.45) is 0 Å². The van der Waals surface area contributed by atoms with Crippen LogP contribution in [0.25, 0.3) is 33.4 Å². The van der Waals surface area contributed by atoms with Crippen molar-refractivity contribution < 1.29 is 44.6 Å². The number of Topliss-reactive ketones (excluding diaryl/α,β-unsaturated/α-hetero) is 1. The van der Waals surface area contributed by atoms with Gasteiger partial charge in [0, 0.05) is 23.3 Å². The molecule has 6 rings (SSSR count). The number of phenols is 5. The molecule has 0 fully saturated rings. The third-order valence-electron chi connectivity index (χ3n) is 6.50. The Morgan fingerprint density at radius 1 is 0.658 bits per heavy atom. The zero-order valence-corrected chi connectivity index (χ0v) is 19.5. The van der Waals surface area contributed by atoms with Gasteiger partial charge >= 0.3 is 0 Å². The number of hydrogen-bond acceptors (Lipinski definition) is 9. The van der Waals surface area contributed by atoms with Gasteiger partial charge in [-0.15, -0.1) is 0 Å². The Hall–Kier alpha value is -5.15. The lowest BCUT2D eigenvalue weighted by Gasteiger charge is -2.30. The van der Waals surface area contributed by atoms with Crippen LogP contribution < -0.4 is 4.74 Å². The molecule has 1 aromatic heterocycles. The minimum Gasteiger partial charge on any atom is -0.508 e. The second kappa shape index (κ2) is 8.46. The number of rotatable bonds is 3. The highest BCUT2D eigenvalue weighted by molar-refractivity contribution is 6.17. The molecule has 1 aliphatic heterocycles. The number of phenolic OH excluding ortho intramolecular Hbond substituents is 5. The summed E-state index contributed by atoms with van der Waals surface area (Å²) in [6, 6.07) is 16.9.